The molecular formula is C14H22BrNO. The summed E-state index contributed by atoms with van der Waals surface area (Å²) in [4.78, 5) is 5.07. The van der Waals surface area contributed by atoms with Gasteiger partial charge in [0.1, 0.15) is 5.75 Å². The van der Waals surface area contributed by atoms with Gasteiger partial charge in [-0.05, 0) is 26.2 Å². The van der Waals surface area contributed by atoms with Gasteiger partial charge in [0, 0.05) is 27.8 Å². The predicted octanol–water partition coefficient (Wildman–Crippen LogP) is 4.06. The number of rotatable bonds is 5. The zero-order valence-corrected chi connectivity index (χ0v) is 13.0. The summed E-state index contributed by atoms with van der Waals surface area (Å²) in [6.07, 6.45) is 4.07. The fraction of sp³-hybridized carbons (Fsp3) is 0.643. The topological polar surface area (TPSA) is 22.1 Å². The van der Waals surface area contributed by atoms with E-state index in [-0.39, 0.29) is 0 Å². The fourth-order valence-corrected chi connectivity index (χ4v) is 2.72. The van der Waals surface area contributed by atoms with Gasteiger partial charge < -0.3 is 4.74 Å². The smallest absolute Gasteiger partial charge is 0.128 e. The van der Waals surface area contributed by atoms with Crippen molar-refractivity contribution in [2.75, 3.05) is 7.11 Å². The molecule has 0 saturated heterocycles. The van der Waals surface area contributed by atoms with Crippen molar-refractivity contribution >= 4 is 15.9 Å². The largest absolute Gasteiger partial charge is 0.496 e. The Balaban J connectivity index is 2.99. The van der Waals surface area contributed by atoms with Gasteiger partial charge in [0.05, 0.1) is 7.11 Å². The molecule has 0 saturated carbocycles. The summed E-state index contributed by atoms with van der Waals surface area (Å²) in [5, 5.41) is 0. The van der Waals surface area contributed by atoms with Crippen molar-refractivity contribution in [1.29, 1.82) is 0 Å². The fourth-order valence-electron chi connectivity index (χ4n) is 2.16. The molecule has 1 rings (SSSR count). The molecule has 3 heteroatoms. The van der Waals surface area contributed by atoms with Crippen LogP contribution in [0.2, 0.25) is 0 Å². The molecule has 1 heterocycles. The van der Waals surface area contributed by atoms with Crippen LogP contribution >= 0.6 is 15.9 Å². The van der Waals surface area contributed by atoms with E-state index in [0.29, 0.717) is 10.7 Å². The van der Waals surface area contributed by atoms with E-state index in [1.165, 1.54) is 5.56 Å². The third-order valence-corrected chi connectivity index (χ3v) is 4.13. The van der Waals surface area contributed by atoms with Crippen molar-refractivity contribution in [1.82, 2.24) is 4.98 Å². The van der Waals surface area contributed by atoms with E-state index in [1.54, 1.807) is 7.11 Å². The minimum absolute atomic E-state index is 0.515. The van der Waals surface area contributed by atoms with Crippen LogP contribution in [0.1, 0.15) is 37.1 Å². The average Bonchev–Trinajstić information content (AvgIpc) is 2.28. The van der Waals surface area contributed by atoms with E-state index in [0.717, 1.165) is 29.8 Å². The SMILES string of the molecule is CCC(Cc1ncc(C)c(OC)c1C)C(C)Br. The lowest BCUT2D eigenvalue weighted by molar-refractivity contribution is 0.405. The Bertz CT molecular complexity index is 377. The third kappa shape index (κ3) is 3.44. The third-order valence-electron chi connectivity index (χ3n) is 3.38. The Morgan fingerprint density at radius 3 is 2.53 bits per heavy atom. The Hall–Kier alpha value is -0.570. The summed E-state index contributed by atoms with van der Waals surface area (Å²) < 4.78 is 5.44. The van der Waals surface area contributed by atoms with Gasteiger partial charge in [-0.15, -0.1) is 0 Å². The number of methoxy groups -OCH3 is 1. The summed E-state index contributed by atoms with van der Waals surface area (Å²) in [6.45, 7) is 8.56. The summed E-state index contributed by atoms with van der Waals surface area (Å²) in [5.74, 6) is 1.60. The molecule has 1 aromatic heterocycles. The number of aryl methyl sites for hydroxylation is 1. The van der Waals surface area contributed by atoms with E-state index in [1.807, 2.05) is 13.1 Å². The average molecular weight is 300 g/mol. The highest BCUT2D eigenvalue weighted by Gasteiger charge is 2.17. The predicted molar refractivity (Wildman–Crippen MR) is 76.1 cm³/mol. The molecule has 1 aromatic rings. The van der Waals surface area contributed by atoms with Crippen LogP contribution in [0, 0.1) is 19.8 Å². The highest BCUT2D eigenvalue weighted by molar-refractivity contribution is 9.09. The van der Waals surface area contributed by atoms with Crippen molar-refractivity contribution < 1.29 is 4.74 Å². The molecule has 0 radical (unpaired) electrons. The molecule has 0 amide bonds. The van der Waals surface area contributed by atoms with E-state index < -0.39 is 0 Å². The molecule has 0 aliphatic carbocycles. The highest BCUT2D eigenvalue weighted by Crippen LogP contribution is 2.28. The number of nitrogens with zero attached hydrogens (tertiary/aromatic N) is 1. The molecule has 2 unspecified atom stereocenters. The van der Waals surface area contributed by atoms with Crippen molar-refractivity contribution in [2.45, 2.75) is 45.4 Å². The van der Waals surface area contributed by atoms with Crippen molar-refractivity contribution in [3.05, 3.63) is 23.0 Å². The van der Waals surface area contributed by atoms with Crippen LogP contribution in [-0.4, -0.2) is 16.9 Å². The number of halogens is 1. The van der Waals surface area contributed by atoms with Crippen LogP contribution in [0.25, 0.3) is 0 Å². The maximum atomic E-state index is 5.44. The van der Waals surface area contributed by atoms with Gasteiger partial charge in [0.15, 0.2) is 0 Å². The lowest BCUT2D eigenvalue weighted by Gasteiger charge is -2.19. The molecule has 17 heavy (non-hydrogen) atoms. The number of hydrogen-bond acceptors (Lipinski definition) is 2. The van der Waals surface area contributed by atoms with Crippen LogP contribution in [0.5, 0.6) is 5.75 Å². The molecule has 0 aromatic carbocycles. The first-order valence-corrected chi connectivity index (χ1v) is 7.05. The van der Waals surface area contributed by atoms with E-state index in [2.05, 4.69) is 41.7 Å². The minimum Gasteiger partial charge on any atom is -0.496 e. The molecule has 0 spiro atoms. The zero-order chi connectivity index (χ0) is 13.0. The van der Waals surface area contributed by atoms with Crippen molar-refractivity contribution in [3.63, 3.8) is 0 Å². The number of hydrogen-bond donors (Lipinski definition) is 0. The summed E-state index contributed by atoms with van der Waals surface area (Å²) in [6, 6.07) is 0. The van der Waals surface area contributed by atoms with Gasteiger partial charge in [-0.3, -0.25) is 4.98 Å². The number of ether oxygens (including phenoxy) is 1. The van der Waals surface area contributed by atoms with E-state index in [4.69, 9.17) is 4.74 Å². The molecular weight excluding hydrogens is 278 g/mol. The van der Waals surface area contributed by atoms with Crippen molar-refractivity contribution in [3.8, 4) is 5.75 Å². The Morgan fingerprint density at radius 2 is 2.06 bits per heavy atom. The van der Waals surface area contributed by atoms with Crippen molar-refractivity contribution in [2.24, 2.45) is 5.92 Å². The van der Waals surface area contributed by atoms with E-state index in [9.17, 15) is 0 Å². The van der Waals surface area contributed by atoms with Gasteiger partial charge in [-0.1, -0.05) is 36.2 Å². The van der Waals surface area contributed by atoms with Gasteiger partial charge >= 0.3 is 0 Å². The maximum Gasteiger partial charge on any atom is 0.128 e. The van der Waals surface area contributed by atoms with Crippen LogP contribution in [0.15, 0.2) is 6.20 Å². The van der Waals surface area contributed by atoms with Gasteiger partial charge in [-0.2, -0.15) is 0 Å². The molecule has 96 valence electrons. The molecule has 0 N–H and O–H groups in total. The zero-order valence-electron chi connectivity index (χ0n) is 11.4. The molecule has 0 aliphatic rings. The lowest BCUT2D eigenvalue weighted by atomic mass is 9.95. The standard InChI is InChI=1S/C14H22BrNO/c1-6-12(11(4)15)7-13-10(3)14(17-5)9(2)8-16-13/h8,11-12H,6-7H2,1-5H3. The Morgan fingerprint density at radius 1 is 1.41 bits per heavy atom. The molecule has 2 atom stereocenters. The lowest BCUT2D eigenvalue weighted by Crippen LogP contribution is -2.15. The maximum absolute atomic E-state index is 5.44. The quantitative estimate of drug-likeness (QED) is 0.765. The van der Waals surface area contributed by atoms with E-state index >= 15 is 0 Å². The summed E-state index contributed by atoms with van der Waals surface area (Å²) in [7, 11) is 1.73. The molecule has 0 bridgehead atoms. The Labute approximate surface area is 113 Å². The van der Waals surface area contributed by atoms with Crippen LogP contribution in [-0.2, 0) is 6.42 Å². The first-order valence-electron chi connectivity index (χ1n) is 6.14. The molecule has 2 nitrogen and oxygen atoms in total. The van der Waals surface area contributed by atoms with Crippen LogP contribution in [0.4, 0.5) is 0 Å². The van der Waals surface area contributed by atoms with Gasteiger partial charge in [-0.25, -0.2) is 0 Å². The molecule has 0 fully saturated rings. The number of alkyl halides is 1. The normalized spacial score (nSPS) is 14.5. The first kappa shape index (κ1) is 14.5. The second kappa shape index (κ2) is 6.39. The second-order valence-electron chi connectivity index (χ2n) is 4.60. The molecule has 0 aliphatic heterocycles. The summed E-state index contributed by atoms with van der Waals surface area (Å²) >= 11 is 3.67. The number of aromatic nitrogens is 1. The number of pyridine rings is 1. The summed E-state index contributed by atoms with van der Waals surface area (Å²) in [5.41, 5.74) is 3.44. The van der Waals surface area contributed by atoms with Crippen LogP contribution in [0.3, 0.4) is 0 Å². The Kier molecular flexibility index (Phi) is 5.44. The second-order valence-corrected chi connectivity index (χ2v) is 6.04. The van der Waals surface area contributed by atoms with Crippen LogP contribution < -0.4 is 4.74 Å². The van der Waals surface area contributed by atoms with Gasteiger partial charge in [0.2, 0.25) is 0 Å². The first-order chi connectivity index (χ1) is 8.01. The highest BCUT2D eigenvalue weighted by atomic mass is 79.9. The minimum atomic E-state index is 0.515. The monoisotopic (exact) mass is 299 g/mol. The van der Waals surface area contributed by atoms with Gasteiger partial charge in [0.25, 0.3) is 0 Å².